The van der Waals surface area contributed by atoms with Crippen molar-refractivity contribution in [3.63, 3.8) is 0 Å². The Bertz CT molecular complexity index is 3500. The number of halogens is 6. The molecule has 0 saturated heterocycles. The van der Waals surface area contributed by atoms with Gasteiger partial charge >= 0.3 is 12.4 Å². The molecule has 12 aromatic rings. The van der Waals surface area contributed by atoms with Gasteiger partial charge in [0.15, 0.2) is 0 Å². The first kappa shape index (κ1) is 106. The quantitative estimate of drug-likeness (QED) is 0.133. The molecule has 0 heterocycles. The lowest BCUT2D eigenvalue weighted by molar-refractivity contribution is -0.288. The molecule has 0 aromatic heterocycles. The van der Waals surface area contributed by atoms with Crippen LogP contribution in [0.25, 0.3) is 11.1 Å². The molecule has 109 heavy (non-hydrogen) atoms. The van der Waals surface area contributed by atoms with E-state index in [-0.39, 0.29) is 10.8 Å². The van der Waals surface area contributed by atoms with Gasteiger partial charge in [-0.25, -0.2) is 0 Å². The highest BCUT2D eigenvalue weighted by Crippen LogP contribution is 2.57. The van der Waals surface area contributed by atoms with Gasteiger partial charge in [0.05, 0.1) is 5.41 Å². The molecule has 590 valence electrons. The normalized spacial score (nSPS) is 10.1. The second-order valence-electron chi connectivity index (χ2n) is 21.6. The molecule has 6 heteroatoms. The van der Waals surface area contributed by atoms with Gasteiger partial charge in [0.2, 0.25) is 5.41 Å². The summed E-state index contributed by atoms with van der Waals surface area (Å²) in [5.41, 5.74) is 7.60. The van der Waals surface area contributed by atoms with E-state index in [0.717, 1.165) is 55.0 Å². The van der Waals surface area contributed by atoms with Crippen LogP contribution < -0.4 is 0 Å². The molecule has 0 atom stereocenters. The molecular formula is C103H136F6. The van der Waals surface area contributed by atoms with Crippen LogP contribution in [0, 0.1) is 0 Å². The fourth-order valence-corrected chi connectivity index (χ4v) is 10.8. The second-order valence-corrected chi connectivity index (χ2v) is 21.6. The highest BCUT2D eigenvalue weighted by molar-refractivity contribution is 5.86. The van der Waals surface area contributed by atoms with Gasteiger partial charge in [-0.2, -0.15) is 26.3 Å². The molecule has 12 aromatic carbocycles. The number of fused-ring (bicyclic) bond motifs is 3. The summed E-state index contributed by atoms with van der Waals surface area (Å²) >= 11 is 0. The van der Waals surface area contributed by atoms with Crippen molar-refractivity contribution in [2.24, 2.45) is 0 Å². The Hall–Kier alpha value is -9.78. The first-order chi connectivity index (χ1) is 53.2. The lowest BCUT2D eigenvalue weighted by Gasteiger charge is -2.38. The Morgan fingerprint density at radius 1 is 0.220 bits per heavy atom. The molecular weight excluding hydrogens is 1350 g/mol. The lowest BCUT2D eigenvalue weighted by atomic mass is 9.68. The van der Waals surface area contributed by atoms with E-state index in [9.17, 15) is 26.3 Å². The molecule has 13 rings (SSSR count). The molecule has 0 nitrogen and oxygen atoms in total. The van der Waals surface area contributed by atoms with Crippen molar-refractivity contribution in [2.45, 2.75) is 208 Å². The molecule has 0 bridgehead atoms. The van der Waals surface area contributed by atoms with E-state index in [4.69, 9.17) is 0 Å². The SMILES string of the molecule is CC.CC.CC.CC.CC.CC.CC.CC.CC.CC.CC(C)(c1ccccc1)c1ccccc1.CCC.FC(F)(F)C(c1ccccc1)(c1ccccc1)C(F)(F)F.c1ccc(C2(c3ccccc3)c3ccccc3-c3ccccc32)cc1.c1ccc(Cc2ccccc2)cc1.c1ccccc1.c1ccccc1. The highest BCUT2D eigenvalue weighted by Gasteiger charge is 2.72. The molecule has 0 aliphatic heterocycles. The summed E-state index contributed by atoms with van der Waals surface area (Å²) < 4.78 is 81.1. The van der Waals surface area contributed by atoms with Crippen LogP contribution in [0.3, 0.4) is 0 Å². The van der Waals surface area contributed by atoms with Gasteiger partial charge in [-0.15, -0.1) is 0 Å². The van der Waals surface area contributed by atoms with E-state index in [1.54, 1.807) is 0 Å². The zero-order valence-corrected chi connectivity index (χ0v) is 70.8. The third kappa shape index (κ3) is 34.6. The second kappa shape index (κ2) is 66.4. The van der Waals surface area contributed by atoms with Gasteiger partial charge in [0, 0.05) is 5.41 Å². The Kier molecular flexibility index (Phi) is 64.3. The van der Waals surface area contributed by atoms with E-state index < -0.39 is 28.9 Å². The molecule has 0 N–H and O–H groups in total. The van der Waals surface area contributed by atoms with Crippen molar-refractivity contribution in [1.29, 1.82) is 0 Å². The summed E-state index contributed by atoms with van der Waals surface area (Å²) in [4.78, 5) is 0. The van der Waals surface area contributed by atoms with E-state index >= 15 is 0 Å². The van der Waals surface area contributed by atoms with E-state index in [1.165, 1.54) is 74.2 Å². The van der Waals surface area contributed by atoms with Gasteiger partial charge in [-0.1, -0.05) is 537 Å². The van der Waals surface area contributed by atoms with Crippen LogP contribution in [-0.2, 0) is 22.7 Å². The minimum Gasteiger partial charge on any atom is -0.169 e. The summed E-state index contributed by atoms with van der Waals surface area (Å²) in [6.07, 6.45) is -8.76. The third-order valence-corrected chi connectivity index (χ3v) is 15.0. The van der Waals surface area contributed by atoms with Crippen LogP contribution in [0.15, 0.2) is 364 Å². The molecule has 1 aliphatic rings. The Morgan fingerprint density at radius 2 is 0.385 bits per heavy atom. The molecule has 1 aliphatic carbocycles. The predicted octanol–water partition coefficient (Wildman–Crippen LogP) is 33.5. The fraction of sp³-hybridized carbons (Fsp3) is 0.301. The maximum Gasteiger partial charge on any atom is 0.411 e. The van der Waals surface area contributed by atoms with Crippen molar-refractivity contribution >= 4 is 0 Å². The van der Waals surface area contributed by atoms with Crippen molar-refractivity contribution in [3.8, 4) is 11.1 Å². The largest absolute Gasteiger partial charge is 0.411 e. The van der Waals surface area contributed by atoms with Crippen LogP contribution in [-0.4, -0.2) is 12.4 Å². The summed E-state index contributed by atoms with van der Waals surface area (Å²) in [5, 5.41) is 0. The smallest absolute Gasteiger partial charge is 0.169 e. The molecule has 0 amide bonds. The molecule has 0 unspecified atom stereocenters. The number of alkyl halides is 6. The third-order valence-electron chi connectivity index (χ3n) is 15.0. The lowest BCUT2D eigenvalue weighted by Crippen LogP contribution is -2.54. The number of hydrogen-bond acceptors (Lipinski definition) is 0. The highest BCUT2D eigenvalue weighted by atomic mass is 19.4. The van der Waals surface area contributed by atoms with Crippen molar-refractivity contribution < 1.29 is 26.3 Å². The monoisotopic (exact) mass is 1490 g/mol. The summed E-state index contributed by atoms with van der Waals surface area (Å²) in [6.45, 7) is 48.8. The van der Waals surface area contributed by atoms with Crippen molar-refractivity contribution in [3.05, 3.63) is 420 Å². The van der Waals surface area contributed by atoms with Gasteiger partial charge in [-0.3, -0.25) is 0 Å². The zero-order valence-electron chi connectivity index (χ0n) is 70.8. The molecule has 0 saturated carbocycles. The fourth-order valence-electron chi connectivity index (χ4n) is 10.8. The van der Waals surface area contributed by atoms with Crippen LogP contribution in [0.2, 0.25) is 0 Å². The molecule has 0 spiro atoms. The Labute approximate surface area is 660 Å². The molecule has 0 fully saturated rings. The van der Waals surface area contributed by atoms with Gasteiger partial charge in [0.25, 0.3) is 0 Å². The average Bonchev–Trinajstić information content (AvgIpc) is 1.64. The van der Waals surface area contributed by atoms with E-state index in [0.29, 0.717) is 0 Å². The van der Waals surface area contributed by atoms with Gasteiger partial charge in [-0.05, 0) is 73.2 Å². The number of benzene rings is 12. The van der Waals surface area contributed by atoms with E-state index in [2.05, 4.69) is 258 Å². The van der Waals surface area contributed by atoms with Crippen molar-refractivity contribution in [1.82, 2.24) is 0 Å². The summed E-state index contributed by atoms with van der Waals surface area (Å²) in [5.74, 6) is 0. The Morgan fingerprint density at radius 3 is 0.596 bits per heavy atom. The zero-order chi connectivity index (χ0) is 83.3. The minimum absolute atomic E-state index is 0.0858. The van der Waals surface area contributed by atoms with Crippen LogP contribution >= 0.6 is 0 Å². The minimum atomic E-state index is -5.52. The van der Waals surface area contributed by atoms with Gasteiger partial charge < -0.3 is 0 Å². The van der Waals surface area contributed by atoms with Crippen LogP contribution in [0.1, 0.15) is 228 Å². The Balaban J connectivity index is -0.000000599. The first-order valence-corrected chi connectivity index (χ1v) is 39.9. The predicted molar refractivity (Wildman–Crippen MR) is 473 cm³/mol. The van der Waals surface area contributed by atoms with E-state index in [1.807, 2.05) is 211 Å². The van der Waals surface area contributed by atoms with Crippen LogP contribution in [0.4, 0.5) is 26.3 Å². The topological polar surface area (TPSA) is 0 Å². The standard InChI is InChI=1S/C25H18.C15H10F6.C15H16.C13H12.2C6H6.C3H8.10C2H6/c1-3-11-19(12-4-1)25(20-13-5-2-6-14-20)23-17-9-7-15-21(23)22-16-8-10-18-24(22)25;16-14(17,18)13(15(19,20)21,11-7-3-1-4-8-11)12-9-5-2-6-10-12;1-15(2,13-9-5-3-6-10-13)14-11-7-4-8-12-14;1-3-7-12(8-4-1)11-13-9-5-2-6-10-13;2*1-2-4-6-5-3-1;1-3-2;10*1-2/h1-18H;1-10H;3-12H,1-2H3;1-10H,11H2;2*1-6H;3H2,1-2H3;10*1-2H3. The maximum absolute atomic E-state index is 13.5. The van der Waals surface area contributed by atoms with Gasteiger partial charge in [0.1, 0.15) is 0 Å². The maximum atomic E-state index is 13.5. The summed E-state index contributed by atoms with van der Waals surface area (Å²) in [6, 6.07) is 117. The first-order valence-electron chi connectivity index (χ1n) is 39.9. The summed E-state index contributed by atoms with van der Waals surface area (Å²) in [7, 11) is 0. The number of hydrogen-bond donors (Lipinski definition) is 0. The molecule has 0 radical (unpaired) electrons. The average molecular weight is 1490 g/mol. The van der Waals surface area contributed by atoms with Crippen molar-refractivity contribution in [2.75, 3.05) is 0 Å². The number of rotatable bonds is 8. The van der Waals surface area contributed by atoms with Crippen LogP contribution in [0.5, 0.6) is 0 Å².